The minimum atomic E-state index is -0.629. The number of carbonyl (C=O) groups excluding carboxylic acids is 1. The van der Waals surface area contributed by atoms with E-state index in [1.165, 1.54) is 12.1 Å². The monoisotopic (exact) mass is 507 g/mol. The van der Waals surface area contributed by atoms with Crippen molar-refractivity contribution in [2.75, 3.05) is 4.90 Å². The van der Waals surface area contributed by atoms with Crippen LogP contribution in [0.25, 0.3) is 5.76 Å². The van der Waals surface area contributed by atoms with E-state index >= 15 is 0 Å². The molecule has 1 atom stereocenters. The largest absolute Gasteiger partial charge is 0.507 e. The van der Waals surface area contributed by atoms with Gasteiger partial charge in [0.05, 0.1) is 4.92 Å². The number of non-ortho nitro benzene ring substituents is 1. The lowest BCUT2D eigenvalue weighted by Crippen LogP contribution is -2.45. The molecule has 0 radical (unpaired) electrons. The minimum Gasteiger partial charge on any atom is -0.507 e. The number of allylic oxidation sites excluding steroid dienone is 2. The van der Waals surface area contributed by atoms with Gasteiger partial charge in [-0.25, -0.2) is 0 Å². The highest BCUT2D eigenvalue weighted by molar-refractivity contribution is 6.19. The van der Waals surface area contributed by atoms with Gasteiger partial charge in [0.25, 0.3) is 5.69 Å². The van der Waals surface area contributed by atoms with Crippen LogP contribution in [0.4, 0.5) is 11.4 Å². The van der Waals surface area contributed by atoms with E-state index in [4.69, 9.17) is 0 Å². The number of amidine groups is 1. The van der Waals surface area contributed by atoms with Gasteiger partial charge < -0.3 is 5.11 Å². The fourth-order valence-corrected chi connectivity index (χ4v) is 5.47. The number of nitro groups is 1. The topological polar surface area (TPSA) is 108 Å². The number of aliphatic hydroxyl groups excluding tert-OH is 1. The molecule has 0 spiro atoms. The number of benzene rings is 3. The molecule has 2 N–H and O–H groups in total. The molecule has 192 valence electrons. The third-order valence-corrected chi connectivity index (χ3v) is 7.25. The Bertz CT molecular complexity index is 1500. The Kier molecular flexibility index (Phi) is 6.23. The van der Waals surface area contributed by atoms with Gasteiger partial charge in [0.15, 0.2) is 5.78 Å². The van der Waals surface area contributed by atoms with Gasteiger partial charge in [0, 0.05) is 52.6 Å². The first-order valence-electron chi connectivity index (χ1n) is 12.5. The van der Waals surface area contributed by atoms with Crippen molar-refractivity contribution < 1.29 is 14.8 Å². The first kappa shape index (κ1) is 25.1. The summed E-state index contributed by atoms with van der Waals surface area (Å²) in [6, 6.07) is 22.8. The summed E-state index contributed by atoms with van der Waals surface area (Å²) in [6.07, 6.45) is 0.879. The van der Waals surface area contributed by atoms with Crippen LogP contribution in [-0.4, -0.2) is 21.6 Å². The predicted molar refractivity (Wildman–Crippen MR) is 148 cm³/mol. The smallest absolute Gasteiger partial charge is 0.269 e. The minimum absolute atomic E-state index is 0.0281. The zero-order chi connectivity index (χ0) is 27.2. The standard InChI is InChI=1S/C31H29N3O4/c1-19-9-11-20(12-10-19)26-27-24(17-31(2,3)18-25(27)35)33(22-13-15-23(16-14-22)34(37)38)30(32)28(26)29(36)21-7-5-4-6-8-21/h4-16,26,32,36H,17-18H2,1-3H3. The van der Waals surface area contributed by atoms with Gasteiger partial charge in [-0.05, 0) is 36.5 Å². The molecule has 7 heteroatoms. The van der Waals surface area contributed by atoms with Gasteiger partial charge in [-0.2, -0.15) is 0 Å². The van der Waals surface area contributed by atoms with E-state index in [0.717, 1.165) is 11.1 Å². The molecule has 1 aliphatic heterocycles. The SMILES string of the molecule is Cc1ccc(C2C(=C(O)c3ccccc3)C(=N)N(c3ccc([N+](=O)[O-])cc3)C3=C2C(=O)CC(C)(C)C3)cc1. The van der Waals surface area contributed by atoms with Crippen molar-refractivity contribution in [3.05, 3.63) is 123 Å². The first-order valence-corrected chi connectivity index (χ1v) is 12.5. The highest BCUT2D eigenvalue weighted by Gasteiger charge is 2.46. The number of hydrogen-bond acceptors (Lipinski definition) is 5. The molecule has 0 saturated carbocycles. The quantitative estimate of drug-likeness (QED) is 0.223. The van der Waals surface area contributed by atoms with E-state index in [1.807, 2.05) is 63.2 Å². The van der Waals surface area contributed by atoms with Crippen LogP contribution < -0.4 is 4.90 Å². The number of hydrogen-bond donors (Lipinski definition) is 2. The van der Waals surface area contributed by atoms with E-state index in [9.17, 15) is 25.4 Å². The van der Waals surface area contributed by atoms with Crippen molar-refractivity contribution >= 4 is 28.8 Å². The van der Waals surface area contributed by atoms with E-state index in [0.29, 0.717) is 40.9 Å². The Morgan fingerprint density at radius 1 is 1.00 bits per heavy atom. The van der Waals surface area contributed by atoms with Crippen LogP contribution in [0, 0.1) is 27.9 Å². The normalized spacial score (nSPS) is 20.3. The molecule has 1 aliphatic carbocycles. The third kappa shape index (κ3) is 4.41. The molecule has 1 unspecified atom stereocenters. The van der Waals surface area contributed by atoms with E-state index < -0.39 is 10.8 Å². The van der Waals surface area contributed by atoms with Crippen LogP contribution in [-0.2, 0) is 4.79 Å². The summed E-state index contributed by atoms with van der Waals surface area (Å²) < 4.78 is 0. The Morgan fingerprint density at radius 3 is 2.24 bits per heavy atom. The number of carbonyl (C=O) groups is 1. The maximum absolute atomic E-state index is 13.9. The molecular formula is C31H29N3O4. The van der Waals surface area contributed by atoms with E-state index in [2.05, 4.69) is 0 Å². The van der Waals surface area contributed by atoms with Crippen LogP contribution in [0.3, 0.4) is 0 Å². The van der Waals surface area contributed by atoms with Gasteiger partial charge in [0.2, 0.25) is 0 Å². The molecule has 0 bridgehead atoms. The Balaban J connectivity index is 1.83. The average molecular weight is 508 g/mol. The second-order valence-electron chi connectivity index (χ2n) is 10.7. The van der Waals surface area contributed by atoms with Gasteiger partial charge >= 0.3 is 0 Å². The lowest BCUT2D eigenvalue weighted by Gasteiger charge is -2.45. The molecule has 3 aromatic rings. The second-order valence-corrected chi connectivity index (χ2v) is 10.7. The lowest BCUT2D eigenvalue weighted by molar-refractivity contribution is -0.384. The summed E-state index contributed by atoms with van der Waals surface area (Å²) in [5, 5.41) is 32.4. The lowest BCUT2D eigenvalue weighted by atomic mass is 9.67. The fourth-order valence-electron chi connectivity index (χ4n) is 5.47. The number of ketones is 1. The number of aliphatic hydroxyl groups is 1. The molecule has 2 aliphatic rings. The predicted octanol–water partition coefficient (Wildman–Crippen LogP) is 7.10. The number of Topliss-reactive ketones (excluding diaryl/α,β-unsaturated/α-hetero) is 1. The maximum Gasteiger partial charge on any atom is 0.269 e. The molecular weight excluding hydrogens is 478 g/mol. The molecule has 38 heavy (non-hydrogen) atoms. The summed E-state index contributed by atoms with van der Waals surface area (Å²) in [5.74, 6) is -0.692. The molecule has 1 heterocycles. The van der Waals surface area contributed by atoms with Crippen molar-refractivity contribution in [3.63, 3.8) is 0 Å². The Morgan fingerprint density at radius 2 is 1.63 bits per heavy atom. The highest BCUT2D eigenvalue weighted by Crippen LogP contribution is 2.51. The maximum atomic E-state index is 13.9. The molecule has 0 fully saturated rings. The van der Waals surface area contributed by atoms with E-state index in [-0.39, 0.29) is 28.5 Å². The van der Waals surface area contributed by atoms with Gasteiger partial charge in [-0.3, -0.25) is 25.2 Å². The van der Waals surface area contributed by atoms with Crippen LogP contribution in [0.15, 0.2) is 95.7 Å². The summed E-state index contributed by atoms with van der Waals surface area (Å²) in [6.45, 7) is 6.04. The van der Waals surface area contributed by atoms with Gasteiger partial charge in [0.1, 0.15) is 11.6 Å². The Hall–Kier alpha value is -4.52. The number of nitrogens with zero attached hydrogens (tertiary/aromatic N) is 2. The fraction of sp³-hybridized carbons (Fsp3) is 0.226. The van der Waals surface area contributed by atoms with Crippen molar-refractivity contribution in [2.45, 2.75) is 39.5 Å². The molecule has 7 nitrogen and oxygen atoms in total. The van der Waals surface area contributed by atoms with Gasteiger partial charge in [-0.15, -0.1) is 0 Å². The van der Waals surface area contributed by atoms with Crippen molar-refractivity contribution in [1.29, 1.82) is 5.41 Å². The number of nitrogens with one attached hydrogen (secondary N) is 1. The number of anilines is 1. The number of rotatable bonds is 4. The van der Waals surface area contributed by atoms with Crippen molar-refractivity contribution in [2.24, 2.45) is 5.41 Å². The average Bonchev–Trinajstić information content (AvgIpc) is 2.88. The molecule has 0 aromatic heterocycles. The molecule has 5 rings (SSSR count). The summed E-state index contributed by atoms with van der Waals surface area (Å²) in [7, 11) is 0. The van der Waals surface area contributed by atoms with Crippen LogP contribution in [0.5, 0.6) is 0 Å². The van der Waals surface area contributed by atoms with E-state index in [1.54, 1.807) is 29.2 Å². The van der Waals surface area contributed by atoms with Crippen LogP contribution in [0.2, 0.25) is 0 Å². The number of aryl methyl sites for hydroxylation is 1. The van der Waals surface area contributed by atoms with Gasteiger partial charge in [-0.1, -0.05) is 74.0 Å². The summed E-state index contributed by atoms with van der Waals surface area (Å²) >= 11 is 0. The number of nitro benzene ring substituents is 1. The second kappa shape index (κ2) is 9.41. The summed E-state index contributed by atoms with van der Waals surface area (Å²) in [4.78, 5) is 26.4. The highest BCUT2D eigenvalue weighted by atomic mass is 16.6. The Labute approximate surface area is 221 Å². The van der Waals surface area contributed by atoms with Crippen molar-refractivity contribution in [1.82, 2.24) is 0 Å². The molecule has 3 aromatic carbocycles. The molecule has 0 saturated heterocycles. The zero-order valence-corrected chi connectivity index (χ0v) is 21.6. The van der Waals surface area contributed by atoms with Crippen LogP contribution >= 0.6 is 0 Å². The van der Waals surface area contributed by atoms with Crippen molar-refractivity contribution in [3.8, 4) is 0 Å². The molecule has 0 amide bonds. The first-order chi connectivity index (χ1) is 18.1. The zero-order valence-electron chi connectivity index (χ0n) is 21.6. The summed E-state index contributed by atoms with van der Waals surface area (Å²) in [5.41, 5.74) is 4.13. The van der Waals surface area contributed by atoms with Crippen LogP contribution in [0.1, 0.15) is 49.3 Å². The third-order valence-electron chi connectivity index (χ3n) is 7.25.